The summed E-state index contributed by atoms with van der Waals surface area (Å²) in [4.78, 5) is 47.9. The number of nitrogens with zero attached hydrogens (tertiary/aromatic N) is 2. The van der Waals surface area contributed by atoms with E-state index in [4.69, 9.17) is 9.47 Å². The van der Waals surface area contributed by atoms with Gasteiger partial charge >= 0.3 is 0 Å². The predicted octanol–water partition coefficient (Wildman–Crippen LogP) is 3.28. The van der Waals surface area contributed by atoms with Crippen molar-refractivity contribution in [2.75, 3.05) is 26.7 Å². The van der Waals surface area contributed by atoms with Crippen LogP contribution in [-0.2, 0) is 22.7 Å². The van der Waals surface area contributed by atoms with E-state index in [1.54, 1.807) is 30.6 Å². The molecule has 0 fully saturated rings. The summed E-state index contributed by atoms with van der Waals surface area (Å²) in [6.45, 7) is 4.16. The van der Waals surface area contributed by atoms with Crippen LogP contribution < -0.4 is 25.4 Å². The summed E-state index contributed by atoms with van der Waals surface area (Å²) in [5.41, 5.74) is 0.859. The first-order valence-electron chi connectivity index (χ1n) is 14.1. The number of hydrogen-bond acceptors (Lipinski definition) is 7. The van der Waals surface area contributed by atoms with Crippen molar-refractivity contribution >= 4 is 17.7 Å². The first-order chi connectivity index (χ1) is 20.4. The van der Waals surface area contributed by atoms with Crippen LogP contribution in [0.1, 0.15) is 54.4 Å². The number of fused-ring (bicyclic) bond motifs is 16. The Kier molecular flexibility index (Phi) is 10.9. The van der Waals surface area contributed by atoms with E-state index in [2.05, 4.69) is 30.8 Å². The van der Waals surface area contributed by atoms with Crippen molar-refractivity contribution in [2.45, 2.75) is 51.7 Å². The lowest BCUT2D eigenvalue weighted by molar-refractivity contribution is -0.129. The number of amides is 3. The third-order valence-corrected chi connectivity index (χ3v) is 6.91. The standard InChI is InChI=1S/C30H37FN6O5/c1-3-23-30(40)35-18-20-7-9-24(22(31)16-20)42-26-17-21(8-10-25(26)41-2)29(39)34-11-5-15-37(14-4-6-28(38)36-23)19-27-32-12-13-33-27/h7-10,12-13,16-17,23H,3-6,11,14-15,18-19H2,1-2H3,(H,32,33)(H,34,39)(H,35,40)(H,36,38)/t23-/m0/s1. The molecule has 2 aliphatic heterocycles. The van der Waals surface area contributed by atoms with E-state index in [1.807, 2.05) is 6.92 Å². The lowest BCUT2D eigenvalue weighted by Gasteiger charge is -2.22. The smallest absolute Gasteiger partial charge is 0.251 e. The van der Waals surface area contributed by atoms with E-state index in [0.717, 1.165) is 5.82 Å². The van der Waals surface area contributed by atoms with E-state index in [0.29, 0.717) is 62.3 Å². The van der Waals surface area contributed by atoms with Gasteiger partial charge in [0.2, 0.25) is 11.8 Å². The minimum absolute atomic E-state index is 0.0605. The second-order valence-corrected chi connectivity index (χ2v) is 10.0. The maximum absolute atomic E-state index is 15.0. The maximum Gasteiger partial charge on any atom is 0.251 e. The fourth-order valence-electron chi connectivity index (χ4n) is 4.62. The van der Waals surface area contributed by atoms with Gasteiger partial charge in [-0.25, -0.2) is 9.37 Å². The van der Waals surface area contributed by atoms with Gasteiger partial charge in [0, 0.05) is 44.0 Å². The summed E-state index contributed by atoms with van der Waals surface area (Å²) in [7, 11) is 1.46. The zero-order chi connectivity index (χ0) is 29.9. The number of ether oxygens (including phenoxy) is 2. The average Bonchev–Trinajstić information content (AvgIpc) is 3.50. The molecule has 12 heteroatoms. The molecule has 11 nitrogen and oxygen atoms in total. The Morgan fingerprint density at radius 3 is 2.64 bits per heavy atom. The van der Waals surface area contributed by atoms with E-state index in [-0.39, 0.29) is 42.2 Å². The topological polar surface area (TPSA) is 138 Å². The highest BCUT2D eigenvalue weighted by atomic mass is 19.1. The van der Waals surface area contributed by atoms with E-state index in [1.165, 1.54) is 25.3 Å². The van der Waals surface area contributed by atoms with Crippen LogP contribution in [0.3, 0.4) is 0 Å². The molecule has 224 valence electrons. The third kappa shape index (κ3) is 8.53. The molecule has 0 unspecified atom stereocenters. The van der Waals surface area contributed by atoms with Gasteiger partial charge in [-0.05, 0) is 61.7 Å². The van der Waals surface area contributed by atoms with E-state index < -0.39 is 11.9 Å². The summed E-state index contributed by atoms with van der Waals surface area (Å²) in [6, 6.07) is 8.36. The van der Waals surface area contributed by atoms with Crippen LogP contribution in [0, 0.1) is 5.82 Å². The third-order valence-electron chi connectivity index (χ3n) is 6.91. The molecule has 4 bridgehead atoms. The molecule has 0 saturated carbocycles. The van der Waals surface area contributed by atoms with E-state index >= 15 is 0 Å². The van der Waals surface area contributed by atoms with E-state index in [9.17, 15) is 18.8 Å². The van der Waals surface area contributed by atoms with Gasteiger partial charge in [-0.3, -0.25) is 19.3 Å². The fourth-order valence-corrected chi connectivity index (χ4v) is 4.62. The Hall–Kier alpha value is -4.45. The van der Waals surface area contributed by atoms with Crippen molar-refractivity contribution in [3.05, 3.63) is 71.6 Å². The molecule has 0 saturated heterocycles. The minimum atomic E-state index is -0.700. The molecule has 0 spiro atoms. The second-order valence-electron chi connectivity index (χ2n) is 10.0. The Balaban J connectivity index is 1.53. The van der Waals surface area contributed by atoms with Crippen LogP contribution in [0.5, 0.6) is 17.2 Å². The van der Waals surface area contributed by atoms with Crippen molar-refractivity contribution in [3.63, 3.8) is 0 Å². The van der Waals surface area contributed by atoms with Crippen molar-refractivity contribution in [1.82, 2.24) is 30.8 Å². The number of aromatic amines is 1. The first-order valence-corrected chi connectivity index (χ1v) is 14.1. The highest BCUT2D eigenvalue weighted by molar-refractivity contribution is 5.95. The molecule has 2 aliphatic rings. The molecule has 2 aromatic carbocycles. The van der Waals surface area contributed by atoms with Crippen molar-refractivity contribution in [3.8, 4) is 17.2 Å². The van der Waals surface area contributed by atoms with Crippen LogP contribution in [-0.4, -0.2) is 65.4 Å². The maximum atomic E-state index is 15.0. The summed E-state index contributed by atoms with van der Waals surface area (Å²) in [5.74, 6) is -0.227. The van der Waals surface area contributed by atoms with Crippen molar-refractivity contribution in [2.24, 2.45) is 0 Å². The number of imidazole rings is 1. The molecule has 3 aromatic rings. The summed E-state index contributed by atoms with van der Waals surface area (Å²) in [6.07, 6.45) is 5.35. The molecule has 1 aromatic heterocycles. The zero-order valence-electron chi connectivity index (χ0n) is 23.9. The zero-order valence-corrected chi connectivity index (χ0v) is 23.9. The largest absolute Gasteiger partial charge is 0.493 e. The van der Waals surface area contributed by atoms with Gasteiger partial charge in [-0.1, -0.05) is 13.0 Å². The SMILES string of the molecule is CC[C@@H]1NC(=O)CCCN(Cc2ncc[nH]2)CCCNC(=O)c2ccc(OC)c(c2)Oc2ccc(cc2F)CNC1=O. The van der Waals surface area contributed by atoms with Gasteiger partial charge < -0.3 is 30.4 Å². The normalized spacial score (nSPS) is 18.0. The Morgan fingerprint density at radius 2 is 1.90 bits per heavy atom. The number of carbonyl (C=O) groups is 3. The molecule has 0 radical (unpaired) electrons. The van der Waals surface area contributed by atoms with Gasteiger partial charge in [0.15, 0.2) is 23.1 Å². The van der Waals surface area contributed by atoms with Crippen LogP contribution in [0.4, 0.5) is 4.39 Å². The molecule has 1 atom stereocenters. The minimum Gasteiger partial charge on any atom is -0.493 e. The van der Waals surface area contributed by atoms with Gasteiger partial charge in [0.25, 0.3) is 5.91 Å². The van der Waals surface area contributed by atoms with Crippen molar-refractivity contribution in [1.29, 1.82) is 0 Å². The number of carbonyl (C=O) groups excluding carboxylic acids is 3. The predicted molar refractivity (Wildman–Crippen MR) is 154 cm³/mol. The summed E-state index contributed by atoms with van der Waals surface area (Å²) >= 11 is 0. The molecule has 0 aliphatic carbocycles. The Bertz CT molecular complexity index is 1370. The molecular weight excluding hydrogens is 543 g/mol. The van der Waals surface area contributed by atoms with Crippen LogP contribution in [0.15, 0.2) is 48.8 Å². The van der Waals surface area contributed by atoms with Crippen LogP contribution in [0.2, 0.25) is 0 Å². The molecular formula is C30H37FN6O5. The highest BCUT2D eigenvalue weighted by Crippen LogP contribution is 2.34. The number of nitrogens with one attached hydrogen (secondary N) is 4. The number of methoxy groups -OCH3 is 1. The van der Waals surface area contributed by atoms with Gasteiger partial charge in [0.05, 0.1) is 13.7 Å². The van der Waals surface area contributed by atoms with Gasteiger partial charge in [0.1, 0.15) is 11.9 Å². The quantitative estimate of drug-likeness (QED) is 0.372. The molecule has 3 heterocycles. The Morgan fingerprint density at radius 1 is 1.07 bits per heavy atom. The van der Waals surface area contributed by atoms with Crippen LogP contribution in [0.25, 0.3) is 0 Å². The van der Waals surface area contributed by atoms with Crippen molar-refractivity contribution < 1.29 is 28.2 Å². The number of benzene rings is 2. The van der Waals surface area contributed by atoms with Gasteiger partial charge in [-0.15, -0.1) is 0 Å². The summed E-state index contributed by atoms with van der Waals surface area (Å²) < 4.78 is 26.1. The lowest BCUT2D eigenvalue weighted by atomic mass is 10.1. The number of aromatic nitrogens is 2. The highest BCUT2D eigenvalue weighted by Gasteiger charge is 2.20. The van der Waals surface area contributed by atoms with Crippen LogP contribution >= 0.6 is 0 Å². The fraction of sp³-hybridized carbons (Fsp3) is 0.400. The Labute approximate surface area is 244 Å². The summed E-state index contributed by atoms with van der Waals surface area (Å²) in [5, 5.41) is 8.49. The number of rotatable bonds is 4. The first kappa shape index (κ1) is 30.5. The lowest BCUT2D eigenvalue weighted by Crippen LogP contribution is -2.46. The number of hydrogen-bond donors (Lipinski definition) is 4. The molecule has 42 heavy (non-hydrogen) atoms. The van der Waals surface area contributed by atoms with Gasteiger partial charge in [-0.2, -0.15) is 0 Å². The average molecular weight is 581 g/mol. The molecule has 4 N–H and O–H groups in total. The number of halogens is 1. The molecule has 3 amide bonds. The second kappa shape index (κ2) is 15.0. The molecule has 5 rings (SSSR count). The monoisotopic (exact) mass is 580 g/mol. The number of H-pyrrole nitrogens is 1.